The van der Waals surface area contributed by atoms with Crippen LogP contribution in [0.2, 0.25) is 0 Å². The normalized spacial score (nSPS) is 12.2. The number of aromatic nitrogens is 2. The molecule has 0 aliphatic carbocycles. The average molecular weight is 277 g/mol. The minimum Gasteiger partial charge on any atom is -0.389 e. The van der Waals surface area contributed by atoms with Gasteiger partial charge < -0.3 is 10.0 Å². The number of carbonyl (C=O) groups is 1. The molecule has 0 bridgehead atoms. The van der Waals surface area contributed by atoms with E-state index in [1.54, 1.807) is 27.1 Å². The first kappa shape index (κ1) is 14.2. The molecule has 1 atom stereocenters. The summed E-state index contributed by atoms with van der Waals surface area (Å²) >= 11 is 0. The van der Waals surface area contributed by atoms with Crippen molar-refractivity contribution >= 4 is 5.91 Å². The fourth-order valence-corrected chi connectivity index (χ4v) is 1.77. The Bertz CT molecular complexity index is 635. The highest BCUT2D eigenvalue weighted by molar-refractivity contribution is 5.91. The fourth-order valence-electron chi connectivity index (χ4n) is 1.77. The van der Waals surface area contributed by atoms with Gasteiger partial charge in [0.2, 0.25) is 0 Å². The summed E-state index contributed by atoms with van der Waals surface area (Å²) in [5, 5.41) is 13.5. The molecule has 1 heterocycles. The number of hydrogen-bond acceptors (Lipinski definition) is 3. The highest BCUT2D eigenvalue weighted by atomic mass is 19.1. The number of hydrogen-bond donors (Lipinski definition) is 1. The number of rotatable bonds is 3. The molecule has 5 nitrogen and oxygen atoms in total. The van der Waals surface area contributed by atoms with Gasteiger partial charge in [0.1, 0.15) is 11.5 Å². The second kappa shape index (κ2) is 5.42. The summed E-state index contributed by atoms with van der Waals surface area (Å²) < 4.78 is 15.3. The maximum atomic E-state index is 14.0. The summed E-state index contributed by atoms with van der Waals surface area (Å²) in [6.07, 6.45) is 0.791. The zero-order chi connectivity index (χ0) is 14.9. The van der Waals surface area contributed by atoms with Gasteiger partial charge in [-0.3, -0.25) is 4.79 Å². The number of halogens is 1. The number of benzene rings is 1. The van der Waals surface area contributed by atoms with Gasteiger partial charge in [-0.15, -0.1) is 0 Å². The zero-order valence-electron chi connectivity index (χ0n) is 11.5. The Hall–Kier alpha value is -2.21. The molecule has 1 N–H and O–H groups in total. The number of amides is 1. The quantitative estimate of drug-likeness (QED) is 0.930. The summed E-state index contributed by atoms with van der Waals surface area (Å²) in [6, 6.07) is 5.94. The summed E-state index contributed by atoms with van der Waals surface area (Å²) in [4.78, 5) is 13.1. The van der Waals surface area contributed by atoms with Gasteiger partial charge in [0.25, 0.3) is 5.91 Å². The van der Waals surface area contributed by atoms with Gasteiger partial charge in [0.05, 0.1) is 6.10 Å². The van der Waals surface area contributed by atoms with E-state index in [9.17, 15) is 14.3 Å². The van der Waals surface area contributed by atoms with Crippen molar-refractivity contribution < 1.29 is 14.3 Å². The highest BCUT2D eigenvalue weighted by Crippen LogP contribution is 2.19. The maximum absolute atomic E-state index is 14.0. The van der Waals surface area contributed by atoms with Crippen LogP contribution in [0, 0.1) is 5.82 Å². The van der Waals surface area contributed by atoms with E-state index in [-0.39, 0.29) is 17.3 Å². The standard InChI is InChI=1S/C14H16FN3O2/c1-9(19)10-4-5-13(11(15)8-10)18-7-6-12(16-18)14(20)17(2)3/h4-9,19H,1-3H3/t9-/m1/s1. The minimum atomic E-state index is -0.734. The van der Waals surface area contributed by atoms with Crippen LogP contribution in [0.15, 0.2) is 30.5 Å². The van der Waals surface area contributed by atoms with Crippen LogP contribution < -0.4 is 0 Å². The molecule has 1 aromatic carbocycles. The average Bonchev–Trinajstić information content (AvgIpc) is 2.86. The Morgan fingerprint density at radius 2 is 2.10 bits per heavy atom. The van der Waals surface area contributed by atoms with Crippen molar-refractivity contribution in [2.45, 2.75) is 13.0 Å². The molecule has 0 aliphatic rings. The summed E-state index contributed by atoms with van der Waals surface area (Å²) in [5.74, 6) is -0.750. The lowest BCUT2D eigenvalue weighted by Crippen LogP contribution is -2.22. The monoisotopic (exact) mass is 277 g/mol. The SMILES string of the molecule is C[C@@H](O)c1ccc(-n2ccc(C(=O)N(C)C)n2)c(F)c1. The van der Waals surface area contributed by atoms with Crippen LogP contribution in [0.5, 0.6) is 0 Å². The predicted octanol–water partition coefficient (Wildman–Crippen LogP) is 1.77. The van der Waals surface area contributed by atoms with E-state index >= 15 is 0 Å². The topological polar surface area (TPSA) is 58.4 Å². The highest BCUT2D eigenvalue weighted by Gasteiger charge is 2.14. The van der Waals surface area contributed by atoms with E-state index in [1.165, 1.54) is 34.0 Å². The van der Waals surface area contributed by atoms with E-state index in [0.29, 0.717) is 5.56 Å². The Morgan fingerprint density at radius 3 is 2.65 bits per heavy atom. The molecule has 0 saturated carbocycles. The molecule has 0 aliphatic heterocycles. The van der Waals surface area contributed by atoms with Crippen LogP contribution in [0.4, 0.5) is 4.39 Å². The third kappa shape index (κ3) is 2.70. The smallest absolute Gasteiger partial charge is 0.273 e. The molecule has 2 rings (SSSR count). The van der Waals surface area contributed by atoms with Crippen molar-refractivity contribution in [1.29, 1.82) is 0 Å². The lowest BCUT2D eigenvalue weighted by atomic mass is 10.1. The van der Waals surface area contributed by atoms with Gasteiger partial charge >= 0.3 is 0 Å². The van der Waals surface area contributed by atoms with Crippen LogP contribution in [-0.4, -0.2) is 39.8 Å². The summed E-state index contributed by atoms with van der Waals surface area (Å²) in [5.41, 5.74) is 0.962. The first-order chi connectivity index (χ1) is 9.40. The Balaban J connectivity index is 2.35. The third-order valence-electron chi connectivity index (χ3n) is 2.92. The molecule has 0 spiro atoms. The van der Waals surface area contributed by atoms with Gasteiger partial charge in [0.15, 0.2) is 5.69 Å². The number of nitrogens with zero attached hydrogens (tertiary/aromatic N) is 3. The zero-order valence-corrected chi connectivity index (χ0v) is 11.5. The van der Waals surface area contributed by atoms with Crippen molar-refractivity contribution in [3.63, 3.8) is 0 Å². The molecule has 0 radical (unpaired) electrons. The first-order valence-corrected chi connectivity index (χ1v) is 6.15. The van der Waals surface area contributed by atoms with E-state index in [1.807, 2.05) is 0 Å². The van der Waals surface area contributed by atoms with E-state index in [2.05, 4.69) is 5.10 Å². The Morgan fingerprint density at radius 1 is 1.40 bits per heavy atom. The van der Waals surface area contributed by atoms with Crippen LogP contribution in [0.3, 0.4) is 0 Å². The lowest BCUT2D eigenvalue weighted by molar-refractivity contribution is 0.0821. The lowest BCUT2D eigenvalue weighted by Gasteiger charge is -2.09. The van der Waals surface area contributed by atoms with Crippen molar-refractivity contribution in [1.82, 2.24) is 14.7 Å². The minimum absolute atomic E-state index is 0.229. The van der Waals surface area contributed by atoms with Crippen LogP contribution in [0.1, 0.15) is 29.1 Å². The van der Waals surface area contributed by atoms with Crippen molar-refractivity contribution in [3.8, 4) is 5.69 Å². The summed E-state index contributed by atoms with van der Waals surface area (Å²) in [6.45, 7) is 1.57. The van der Waals surface area contributed by atoms with Crippen molar-refractivity contribution in [2.24, 2.45) is 0 Å². The molecule has 6 heteroatoms. The molecule has 0 unspecified atom stereocenters. The number of aliphatic hydroxyl groups excluding tert-OH is 1. The summed E-state index contributed by atoms with van der Waals surface area (Å²) in [7, 11) is 3.25. The first-order valence-electron chi connectivity index (χ1n) is 6.15. The third-order valence-corrected chi connectivity index (χ3v) is 2.92. The molecule has 2 aromatic rings. The van der Waals surface area contributed by atoms with Crippen LogP contribution in [0.25, 0.3) is 5.69 Å². The van der Waals surface area contributed by atoms with Gasteiger partial charge in [-0.1, -0.05) is 6.07 Å². The molecule has 106 valence electrons. The molecule has 0 fully saturated rings. The van der Waals surface area contributed by atoms with E-state index in [0.717, 1.165) is 0 Å². The van der Waals surface area contributed by atoms with Gasteiger partial charge in [-0.2, -0.15) is 5.10 Å². The molecular weight excluding hydrogens is 261 g/mol. The molecular formula is C14H16FN3O2. The van der Waals surface area contributed by atoms with Crippen LogP contribution in [-0.2, 0) is 0 Å². The van der Waals surface area contributed by atoms with Gasteiger partial charge in [-0.25, -0.2) is 9.07 Å². The largest absolute Gasteiger partial charge is 0.389 e. The fraction of sp³-hybridized carbons (Fsp3) is 0.286. The maximum Gasteiger partial charge on any atom is 0.273 e. The Kier molecular flexibility index (Phi) is 3.85. The predicted molar refractivity (Wildman–Crippen MR) is 72.2 cm³/mol. The van der Waals surface area contributed by atoms with Gasteiger partial charge in [0, 0.05) is 20.3 Å². The number of aliphatic hydroxyl groups is 1. The van der Waals surface area contributed by atoms with Crippen molar-refractivity contribution in [2.75, 3.05) is 14.1 Å². The molecule has 0 saturated heterocycles. The number of carbonyl (C=O) groups excluding carboxylic acids is 1. The van der Waals surface area contributed by atoms with Gasteiger partial charge in [-0.05, 0) is 30.7 Å². The van der Waals surface area contributed by atoms with E-state index in [4.69, 9.17) is 0 Å². The van der Waals surface area contributed by atoms with Crippen molar-refractivity contribution in [3.05, 3.63) is 47.5 Å². The Labute approximate surface area is 116 Å². The molecule has 20 heavy (non-hydrogen) atoms. The molecule has 1 amide bonds. The second-order valence-corrected chi connectivity index (χ2v) is 4.73. The second-order valence-electron chi connectivity index (χ2n) is 4.73. The molecule has 1 aromatic heterocycles. The van der Waals surface area contributed by atoms with Crippen LogP contribution >= 0.6 is 0 Å². The van der Waals surface area contributed by atoms with E-state index < -0.39 is 11.9 Å².